The molecule has 0 radical (unpaired) electrons. The normalized spacial score (nSPS) is 17.6. The molecular formula is C14H16N6O2. The molecule has 2 heterocycles. The van der Waals surface area contributed by atoms with Crippen molar-refractivity contribution in [3.05, 3.63) is 11.9 Å². The number of hydrogen-bond donors (Lipinski definition) is 4. The Morgan fingerprint density at radius 2 is 2.23 bits per heavy atom. The molecule has 1 fully saturated rings. The van der Waals surface area contributed by atoms with Gasteiger partial charge in [-0.05, 0) is 12.0 Å². The van der Waals surface area contributed by atoms with E-state index in [-0.39, 0.29) is 19.2 Å². The van der Waals surface area contributed by atoms with E-state index >= 15 is 0 Å². The first-order valence-electron chi connectivity index (χ1n) is 6.74. The maximum atomic E-state index is 9.35. The van der Waals surface area contributed by atoms with Gasteiger partial charge in [-0.1, -0.05) is 5.92 Å². The Labute approximate surface area is 126 Å². The third-order valence-electron chi connectivity index (χ3n) is 3.78. The zero-order valence-corrected chi connectivity index (χ0v) is 11.8. The molecule has 5 N–H and O–H groups in total. The topological polar surface area (TPSA) is 122 Å². The Balaban J connectivity index is 2.01. The Bertz CT molecular complexity index is 784. The molecule has 0 atom stereocenters. The van der Waals surface area contributed by atoms with Gasteiger partial charge in [0.1, 0.15) is 6.33 Å². The fourth-order valence-electron chi connectivity index (χ4n) is 2.32. The van der Waals surface area contributed by atoms with Crippen molar-refractivity contribution < 1.29 is 10.2 Å². The van der Waals surface area contributed by atoms with Crippen LogP contribution in [0.5, 0.6) is 0 Å². The van der Waals surface area contributed by atoms with Gasteiger partial charge in [-0.25, -0.2) is 4.98 Å². The number of imidazole rings is 1. The molecule has 0 amide bonds. The lowest BCUT2D eigenvalue weighted by molar-refractivity contribution is 0.143. The second-order valence-corrected chi connectivity index (χ2v) is 5.24. The SMILES string of the molecule is C#CCNc1nc(N)nc2c1ncn2/C=C1\CC1(CO)CO. The highest BCUT2D eigenvalue weighted by Gasteiger charge is 2.48. The number of nitrogens with two attached hydrogens (primary N) is 1. The van der Waals surface area contributed by atoms with Crippen molar-refractivity contribution in [2.75, 3.05) is 30.8 Å². The third kappa shape index (κ3) is 2.26. The highest BCUT2D eigenvalue weighted by Crippen LogP contribution is 2.51. The van der Waals surface area contributed by atoms with Crippen molar-refractivity contribution in [3.8, 4) is 12.3 Å². The first-order valence-corrected chi connectivity index (χ1v) is 6.74. The van der Waals surface area contributed by atoms with Crippen LogP contribution < -0.4 is 11.1 Å². The van der Waals surface area contributed by atoms with Crippen molar-refractivity contribution >= 4 is 29.1 Å². The van der Waals surface area contributed by atoms with Gasteiger partial charge >= 0.3 is 0 Å². The average Bonchev–Trinajstić information content (AvgIpc) is 3.09. The number of fused-ring (bicyclic) bond motifs is 1. The summed E-state index contributed by atoms with van der Waals surface area (Å²) in [6.07, 6.45) is 9.26. The quantitative estimate of drug-likeness (QED) is 0.558. The molecule has 22 heavy (non-hydrogen) atoms. The summed E-state index contributed by atoms with van der Waals surface area (Å²) in [5.74, 6) is 3.05. The van der Waals surface area contributed by atoms with E-state index in [1.54, 1.807) is 17.1 Å². The number of nitrogen functional groups attached to an aromatic ring is 1. The number of aromatic nitrogens is 4. The van der Waals surface area contributed by atoms with Gasteiger partial charge in [0.15, 0.2) is 17.0 Å². The van der Waals surface area contributed by atoms with Crippen LogP contribution in [0.3, 0.4) is 0 Å². The predicted octanol–water partition coefficient (Wildman–Crippen LogP) is -0.331. The van der Waals surface area contributed by atoms with Gasteiger partial charge in [0, 0.05) is 11.6 Å². The summed E-state index contributed by atoms with van der Waals surface area (Å²) >= 11 is 0. The average molecular weight is 300 g/mol. The molecule has 1 aliphatic carbocycles. The number of nitrogens with zero attached hydrogens (tertiary/aromatic N) is 4. The fraction of sp³-hybridized carbons (Fsp3) is 0.357. The second kappa shape index (κ2) is 5.29. The molecule has 0 bridgehead atoms. The van der Waals surface area contributed by atoms with Crippen LogP contribution >= 0.6 is 0 Å². The van der Waals surface area contributed by atoms with Gasteiger partial charge in [0.05, 0.1) is 19.8 Å². The minimum atomic E-state index is -0.528. The van der Waals surface area contributed by atoms with Crippen LogP contribution in [-0.2, 0) is 0 Å². The zero-order valence-electron chi connectivity index (χ0n) is 11.8. The van der Waals surface area contributed by atoms with Crippen LogP contribution in [0.25, 0.3) is 17.4 Å². The van der Waals surface area contributed by atoms with E-state index in [9.17, 15) is 10.2 Å². The van der Waals surface area contributed by atoms with Gasteiger partial charge in [0.25, 0.3) is 0 Å². The van der Waals surface area contributed by atoms with Crippen molar-refractivity contribution in [1.82, 2.24) is 19.5 Å². The van der Waals surface area contributed by atoms with Crippen molar-refractivity contribution in [1.29, 1.82) is 0 Å². The molecule has 3 rings (SSSR count). The van der Waals surface area contributed by atoms with Crippen molar-refractivity contribution in [2.45, 2.75) is 6.42 Å². The number of aliphatic hydroxyl groups excluding tert-OH is 2. The number of aliphatic hydroxyl groups is 2. The maximum absolute atomic E-state index is 9.35. The molecule has 1 saturated carbocycles. The van der Waals surface area contributed by atoms with Gasteiger partial charge < -0.3 is 21.3 Å². The molecule has 0 unspecified atom stereocenters. The van der Waals surface area contributed by atoms with E-state index in [0.717, 1.165) is 5.57 Å². The summed E-state index contributed by atoms with van der Waals surface area (Å²) in [6.45, 7) is 0.125. The monoisotopic (exact) mass is 300 g/mol. The minimum absolute atomic E-state index is 0.0892. The Kier molecular flexibility index (Phi) is 3.44. The van der Waals surface area contributed by atoms with Crippen LogP contribution in [0.15, 0.2) is 11.9 Å². The number of anilines is 2. The lowest BCUT2D eigenvalue weighted by atomic mass is 10.1. The van der Waals surface area contributed by atoms with Crippen LogP contribution in [-0.4, -0.2) is 49.5 Å². The summed E-state index contributed by atoms with van der Waals surface area (Å²) in [5, 5.41) is 21.7. The van der Waals surface area contributed by atoms with E-state index in [1.807, 2.05) is 0 Å². The van der Waals surface area contributed by atoms with Crippen LogP contribution in [0.1, 0.15) is 6.42 Å². The highest BCUT2D eigenvalue weighted by molar-refractivity contribution is 5.85. The zero-order chi connectivity index (χ0) is 15.7. The largest absolute Gasteiger partial charge is 0.395 e. The Morgan fingerprint density at radius 1 is 1.45 bits per heavy atom. The van der Waals surface area contributed by atoms with Crippen molar-refractivity contribution in [3.63, 3.8) is 0 Å². The lowest BCUT2D eigenvalue weighted by Crippen LogP contribution is -2.12. The fourth-order valence-corrected chi connectivity index (χ4v) is 2.32. The summed E-state index contributed by atoms with van der Waals surface area (Å²) in [5.41, 5.74) is 7.22. The van der Waals surface area contributed by atoms with Crippen LogP contribution in [0, 0.1) is 17.8 Å². The highest BCUT2D eigenvalue weighted by atomic mass is 16.3. The number of nitrogens with one attached hydrogen (secondary N) is 1. The molecule has 114 valence electrons. The van der Waals surface area contributed by atoms with Gasteiger partial charge in [0.2, 0.25) is 5.95 Å². The number of hydrogen-bond acceptors (Lipinski definition) is 7. The molecule has 2 aromatic heterocycles. The summed E-state index contributed by atoms with van der Waals surface area (Å²) in [4.78, 5) is 12.6. The molecule has 0 aliphatic heterocycles. The lowest BCUT2D eigenvalue weighted by Gasteiger charge is -2.06. The summed E-state index contributed by atoms with van der Waals surface area (Å²) in [7, 11) is 0. The van der Waals surface area contributed by atoms with Gasteiger partial charge in [-0.3, -0.25) is 4.57 Å². The van der Waals surface area contributed by atoms with Gasteiger partial charge in [-0.2, -0.15) is 9.97 Å². The van der Waals surface area contributed by atoms with E-state index in [0.29, 0.717) is 29.9 Å². The first kappa shape index (κ1) is 14.3. The number of rotatable bonds is 5. The summed E-state index contributed by atoms with van der Waals surface area (Å²) < 4.78 is 1.71. The smallest absolute Gasteiger partial charge is 0.224 e. The van der Waals surface area contributed by atoms with E-state index in [2.05, 4.69) is 26.2 Å². The minimum Gasteiger partial charge on any atom is -0.395 e. The van der Waals surface area contributed by atoms with E-state index in [4.69, 9.17) is 12.2 Å². The molecule has 0 saturated heterocycles. The predicted molar refractivity (Wildman–Crippen MR) is 82.6 cm³/mol. The summed E-state index contributed by atoms with van der Waals surface area (Å²) in [6, 6.07) is 0. The molecule has 8 nitrogen and oxygen atoms in total. The van der Waals surface area contributed by atoms with Crippen LogP contribution in [0.4, 0.5) is 11.8 Å². The molecule has 1 aliphatic rings. The molecule has 0 spiro atoms. The Morgan fingerprint density at radius 3 is 2.86 bits per heavy atom. The Hall–Kier alpha value is -2.63. The maximum Gasteiger partial charge on any atom is 0.224 e. The molecule has 2 aromatic rings. The van der Waals surface area contributed by atoms with E-state index in [1.165, 1.54) is 0 Å². The molecule has 0 aromatic carbocycles. The van der Waals surface area contributed by atoms with Gasteiger partial charge in [-0.15, -0.1) is 6.42 Å². The van der Waals surface area contributed by atoms with E-state index < -0.39 is 5.41 Å². The number of terminal acetylenes is 1. The van der Waals surface area contributed by atoms with Crippen molar-refractivity contribution in [2.24, 2.45) is 5.41 Å². The first-order chi connectivity index (χ1) is 10.6. The molecular weight excluding hydrogens is 284 g/mol. The standard InChI is InChI=1S/C14H16N6O2/c1-2-3-16-11-10-12(19-13(15)18-11)20(8-17-10)5-9-4-14(9,6-21)7-22/h1,5,8,21-22H,3-4,6-7H2,(H3,15,16,18,19)/b9-5+. The third-order valence-corrected chi connectivity index (χ3v) is 3.78. The molecule has 8 heteroatoms. The second-order valence-electron chi connectivity index (χ2n) is 5.24. The van der Waals surface area contributed by atoms with Crippen LogP contribution in [0.2, 0.25) is 0 Å².